The lowest BCUT2D eigenvalue weighted by Gasteiger charge is -2.01. The molecule has 0 amide bonds. The quantitative estimate of drug-likeness (QED) is 0.450. The molecule has 22 heavy (non-hydrogen) atoms. The molecule has 0 aliphatic rings. The third-order valence-corrected chi connectivity index (χ3v) is 3.38. The third kappa shape index (κ3) is 2.72. The van der Waals surface area contributed by atoms with E-state index < -0.39 is 5.97 Å². The van der Waals surface area contributed by atoms with Crippen LogP contribution in [0.4, 0.5) is 0 Å². The molecule has 3 aromatic rings. The van der Waals surface area contributed by atoms with Crippen LogP contribution in [0, 0.1) is 0 Å². The number of benzene rings is 2. The molecule has 4 heteroatoms. The normalized spacial score (nSPS) is 10.4. The first kappa shape index (κ1) is 13.9. The van der Waals surface area contributed by atoms with Crippen molar-refractivity contribution in [3.05, 3.63) is 61.2 Å². The van der Waals surface area contributed by atoms with Crippen molar-refractivity contribution in [1.82, 2.24) is 4.98 Å². The number of hydrogen-bond acceptors (Lipinski definition) is 3. The molecule has 0 unspecified atom stereocenters. The summed E-state index contributed by atoms with van der Waals surface area (Å²) >= 11 is 0. The summed E-state index contributed by atoms with van der Waals surface area (Å²) in [5.41, 5.74) is 2.95. The van der Waals surface area contributed by atoms with E-state index in [1.807, 2.05) is 30.3 Å². The van der Waals surface area contributed by atoms with Crippen molar-refractivity contribution >= 4 is 16.9 Å². The summed E-state index contributed by atoms with van der Waals surface area (Å²) in [6.45, 7) is 3.38. The zero-order chi connectivity index (χ0) is 15.5. The van der Waals surface area contributed by atoms with E-state index in [1.54, 1.807) is 19.2 Å². The van der Waals surface area contributed by atoms with E-state index in [2.05, 4.69) is 17.6 Å². The van der Waals surface area contributed by atoms with Gasteiger partial charge in [-0.15, -0.1) is 0 Å². The molecule has 4 nitrogen and oxygen atoms in total. The van der Waals surface area contributed by atoms with Gasteiger partial charge in [-0.2, -0.15) is 0 Å². The van der Waals surface area contributed by atoms with Gasteiger partial charge in [0.25, 0.3) is 0 Å². The lowest BCUT2D eigenvalue weighted by atomic mass is 10.1. The highest BCUT2D eigenvalue weighted by molar-refractivity contribution is 5.88. The topological polar surface area (TPSA) is 51.3 Å². The summed E-state index contributed by atoms with van der Waals surface area (Å²) in [6.07, 6.45) is 1.14. The van der Waals surface area contributed by atoms with Crippen LogP contribution in [0.3, 0.4) is 0 Å². The Morgan fingerprint density at radius 2 is 1.82 bits per heavy atom. The van der Waals surface area contributed by atoms with E-state index in [0.29, 0.717) is 5.75 Å². The number of esters is 1. The maximum absolute atomic E-state index is 11.2. The lowest BCUT2D eigenvalue weighted by molar-refractivity contribution is -0.128. The lowest BCUT2D eigenvalue weighted by Crippen LogP contribution is -2.02. The number of carbonyl (C=O) groups is 1. The summed E-state index contributed by atoms with van der Waals surface area (Å²) in [7, 11) is 1.64. The van der Waals surface area contributed by atoms with Crippen molar-refractivity contribution in [2.45, 2.75) is 0 Å². The number of H-pyrrole nitrogens is 1. The summed E-state index contributed by atoms with van der Waals surface area (Å²) in [4.78, 5) is 14.6. The van der Waals surface area contributed by atoms with Gasteiger partial charge < -0.3 is 14.5 Å². The zero-order valence-corrected chi connectivity index (χ0v) is 12.1. The zero-order valence-electron chi connectivity index (χ0n) is 12.1. The van der Waals surface area contributed by atoms with Crippen LogP contribution < -0.4 is 9.47 Å². The van der Waals surface area contributed by atoms with Gasteiger partial charge in [0.15, 0.2) is 0 Å². The Kier molecular flexibility index (Phi) is 3.66. The van der Waals surface area contributed by atoms with Crippen molar-refractivity contribution in [2.75, 3.05) is 7.11 Å². The first-order chi connectivity index (χ1) is 10.7. The number of aromatic nitrogens is 1. The minimum atomic E-state index is -0.471. The van der Waals surface area contributed by atoms with Gasteiger partial charge in [0.1, 0.15) is 11.5 Å². The molecule has 1 N–H and O–H groups in total. The van der Waals surface area contributed by atoms with Gasteiger partial charge in [-0.1, -0.05) is 6.58 Å². The molecular weight excluding hydrogens is 278 g/mol. The number of methoxy groups -OCH3 is 1. The molecular formula is C18H15NO3. The Morgan fingerprint density at radius 3 is 2.50 bits per heavy atom. The van der Waals surface area contributed by atoms with Crippen LogP contribution in [0.15, 0.2) is 61.2 Å². The van der Waals surface area contributed by atoms with Gasteiger partial charge in [0.2, 0.25) is 0 Å². The van der Waals surface area contributed by atoms with Crippen LogP contribution >= 0.6 is 0 Å². The standard InChI is InChI=1S/C18H15NO3/c1-3-18(20)22-15-9-6-13-10-16(19-17(13)11-15)12-4-7-14(21-2)8-5-12/h3-11,19H,1H2,2H3. The third-order valence-electron chi connectivity index (χ3n) is 3.38. The molecule has 0 radical (unpaired) electrons. The maximum Gasteiger partial charge on any atom is 0.335 e. The van der Waals surface area contributed by atoms with E-state index in [4.69, 9.17) is 9.47 Å². The number of aromatic amines is 1. The summed E-state index contributed by atoms with van der Waals surface area (Å²) < 4.78 is 10.3. The van der Waals surface area contributed by atoms with Crippen molar-refractivity contribution in [3.8, 4) is 22.8 Å². The Morgan fingerprint density at radius 1 is 1.09 bits per heavy atom. The largest absolute Gasteiger partial charge is 0.497 e. The van der Waals surface area contributed by atoms with Crippen LogP contribution in [0.25, 0.3) is 22.2 Å². The fourth-order valence-corrected chi connectivity index (χ4v) is 2.25. The average Bonchev–Trinajstić information content (AvgIpc) is 2.98. The summed E-state index contributed by atoms with van der Waals surface area (Å²) in [6, 6.07) is 15.3. The predicted octanol–water partition coefficient (Wildman–Crippen LogP) is 3.93. The molecule has 0 saturated heterocycles. The molecule has 0 spiro atoms. The molecule has 0 bridgehead atoms. The van der Waals surface area contributed by atoms with Gasteiger partial charge in [-0.05, 0) is 48.0 Å². The molecule has 2 aromatic carbocycles. The summed E-state index contributed by atoms with van der Waals surface area (Å²) in [5, 5.41) is 1.05. The SMILES string of the molecule is C=CC(=O)Oc1ccc2cc(-c3ccc(OC)cc3)[nH]c2c1. The van der Waals surface area contributed by atoms with Crippen molar-refractivity contribution in [1.29, 1.82) is 0 Å². The van der Waals surface area contributed by atoms with Crippen LogP contribution in [-0.2, 0) is 4.79 Å². The fraction of sp³-hybridized carbons (Fsp3) is 0.0556. The monoisotopic (exact) mass is 293 g/mol. The minimum Gasteiger partial charge on any atom is -0.497 e. The van der Waals surface area contributed by atoms with Gasteiger partial charge in [-0.25, -0.2) is 4.79 Å². The summed E-state index contributed by atoms with van der Waals surface area (Å²) in [5.74, 6) is 0.834. The molecule has 0 fully saturated rings. The minimum absolute atomic E-state index is 0.471. The van der Waals surface area contributed by atoms with Gasteiger partial charge >= 0.3 is 5.97 Å². The number of hydrogen-bond donors (Lipinski definition) is 1. The number of fused-ring (bicyclic) bond motifs is 1. The van der Waals surface area contributed by atoms with Gasteiger partial charge in [0, 0.05) is 28.7 Å². The number of rotatable bonds is 4. The Labute approximate surface area is 128 Å². The van der Waals surface area contributed by atoms with Crippen LogP contribution in [0.1, 0.15) is 0 Å². The van der Waals surface area contributed by atoms with Crippen LogP contribution in [0.2, 0.25) is 0 Å². The van der Waals surface area contributed by atoms with Crippen LogP contribution in [0.5, 0.6) is 11.5 Å². The van der Waals surface area contributed by atoms with E-state index in [-0.39, 0.29) is 0 Å². The highest BCUT2D eigenvalue weighted by atomic mass is 16.5. The highest BCUT2D eigenvalue weighted by Gasteiger charge is 2.06. The molecule has 110 valence electrons. The number of nitrogens with one attached hydrogen (secondary N) is 1. The van der Waals surface area contributed by atoms with E-state index in [0.717, 1.165) is 34.0 Å². The molecule has 3 rings (SSSR count). The first-order valence-electron chi connectivity index (χ1n) is 6.81. The Hall–Kier alpha value is -3.01. The Bertz CT molecular complexity index is 831. The number of carbonyl (C=O) groups excluding carboxylic acids is 1. The predicted molar refractivity (Wildman–Crippen MR) is 86.1 cm³/mol. The van der Waals surface area contributed by atoms with E-state index >= 15 is 0 Å². The Balaban J connectivity index is 1.94. The van der Waals surface area contributed by atoms with Crippen molar-refractivity contribution < 1.29 is 14.3 Å². The molecule has 0 atom stereocenters. The van der Waals surface area contributed by atoms with Crippen molar-refractivity contribution in [3.63, 3.8) is 0 Å². The molecule has 0 saturated carbocycles. The number of ether oxygens (including phenoxy) is 2. The average molecular weight is 293 g/mol. The highest BCUT2D eigenvalue weighted by Crippen LogP contribution is 2.28. The molecule has 1 aromatic heterocycles. The second-order valence-electron chi connectivity index (χ2n) is 4.79. The van der Waals surface area contributed by atoms with Gasteiger partial charge in [-0.3, -0.25) is 0 Å². The molecule has 1 heterocycles. The molecule has 0 aliphatic heterocycles. The second-order valence-corrected chi connectivity index (χ2v) is 4.79. The van der Waals surface area contributed by atoms with Crippen molar-refractivity contribution in [2.24, 2.45) is 0 Å². The van der Waals surface area contributed by atoms with Gasteiger partial charge in [0.05, 0.1) is 7.11 Å². The maximum atomic E-state index is 11.2. The first-order valence-corrected chi connectivity index (χ1v) is 6.81. The smallest absolute Gasteiger partial charge is 0.335 e. The second kappa shape index (κ2) is 5.77. The van der Waals surface area contributed by atoms with Crippen LogP contribution in [-0.4, -0.2) is 18.1 Å². The van der Waals surface area contributed by atoms with E-state index in [1.165, 1.54) is 0 Å². The fourth-order valence-electron chi connectivity index (χ4n) is 2.25. The van der Waals surface area contributed by atoms with E-state index in [9.17, 15) is 4.79 Å². The molecule has 0 aliphatic carbocycles.